The molecule has 0 aromatic heterocycles. The van der Waals surface area contributed by atoms with E-state index in [4.69, 9.17) is 14.2 Å². The van der Waals surface area contributed by atoms with Gasteiger partial charge in [-0.3, -0.25) is 14.4 Å². The van der Waals surface area contributed by atoms with Gasteiger partial charge in [0.1, 0.15) is 13.2 Å². The van der Waals surface area contributed by atoms with E-state index in [1.807, 2.05) is 0 Å². The molecule has 0 fully saturated rings. The van der Waals surface area contributed by atoms with E-state index >= 15 is 0 Å². The molecule has 0 N–H and O–H groups in total. The van der Waals surface area contributed by atoms with Crippen molar-refractivity contribution in [2.75, 3.05) is 13.2 Å². The molecule has 1 atom stereocenters. The third-order valence-corrected chi connectivity index (χ3v) is 13.8. The average Bonchev–Trinajstić information content (AvgIpc) is 3.46. The molecule has 0 amide bonds. The van der Waals surface area contributed by atoms with Gasteiger partial charge in [-0.2, -0.15) is 0 Å². The Morgan fingerprint density at radius 3 is 0.802 bits per heavy atom. The minimum absolute atomic E-state index is 0.108. The second kappa shape index (κ2) is 67.8. The van der Waals surface area contributed by atoms with Crippen LogP contribution in [0.25, 0.3) is 0 Å². The van der Waals surface area contributed by atoms with Crippen LogP contribution in [0.5, 0.6) is 0 Å². The van der Waals surface area contributed by atoms with Crippen LogP contribution in [0.4, 0.5) is 0 Å². The molecule has 0 bridgehead atoms. The molecule has 0 radical (unpaired) electrons. The van der Waals surface area contributed by atoms with Crippen molar-refractivity contribution in [1.29, 1.82) is 0 Å². The summed E-state index contributed by atoms with van der Waals surface area (Å²) in [4.78, 5) is 38.3. The molecule has 0 rings (SSSR count). The Balaban J connectivity index is 4.40. The summed E-state index contributed by atoms with van der Waals surface area (Å²) in [5.41, 5.74) is 0. The molecule has 1 unspecified atom stereocenters. The van der Waals surface area contributed by atoms with Crippen molar-refractivity contribution in [2.24, 2.45) is 0 Å². The lowest BCUT2D eigenvalue weighted by atomic mass is 10.0. The molecule has 0 aliphatic carbocycles. The highest BCUT2D eigenvalue weighted by atomic mass is 16.6. The lowest BCUT2D eigenvalue weighted by molar-refractivity contribution is -0.167. The summed E-state index contributed by atoms with van der Waals surface area (Å²) in [6.45, 7) is 6.35. The Labute approximate surface area is 499 Å². The second-order valence-electron chi connectivity index (χ2n) is 21.6. The Morgan fingerprint density at radius 1 is 0.259 bits per heavy atom. The summed E-state index contributed by atoms with van der Waals surface area (Å²) >= 11 is 0. The number of hydrogen-bond donors (Lipinski definition) is 0. The zero-order valence-corrected chi connectivity index (χ0v) is 52.5. The van der Waals surface area contributed by atoms with E-state index in [1.165, 1.54) is 116 Å². The number of carbonyl (C=O) groups is 3. The molecule has 0 aliphatic rings. The predicted molar refractivity (Wildman–Crippen MR) is 352 cm³/mol. The van der Waals surface area contributed by atoms with Crippen molar-refractivity contribution in [2.45, 2.75) is 297 Å². The van der Waals surface area contributed by atoms with E-state index in [0.717, 1.165) is 128 Å². The monoisotopic (exact) mass is 1120 g/mol. The van der Waals surface area contributed by atoms with E-state index < -0.39 is 6.10 Å². The van der Waals surface area contributed by atoms with Gasteiger partial charge in [-0.15, -0.1) is 0 Å². The minimum atomic E-state index is -0.819. The number of rotatable bonds is 59. The largest absolute Gasteiger partial charge is 0.462 e. The van der Waals surface area contributed by atoms with Crippen molar-refractivity contribution in [1.82, 2.24) is 0 Å². The number of unbranched alkanes of at least 4 members (excludes halogenated alkanes) is 24. The van der Waals surface area contributed by atoms with E-state index in [9.17, 15) is 14.4 Å². The maximum Gasteiger partial charge on any atom is 0.306 e. The first-order valence-electron chi connectivity index (χ1n) is 33.3. The highest BCUT2D eigenvalue weighted by Crippen LogP contribution is 2.16. The van der Waals surface area contributed by atoms with E-state index in [1.54, 1.807) is 0 Å². The molecule has 0 aromatic carbocycles. The number of ether oxygens (including phenoxy) is 3. The van der Waals surface area contributed by atoms with Gasteiger partial charge in [-0.05, 0) is 135 Å². The van der Waals surface area contributed by atoms with Gasteiger partial charge in [0, 0.05) is 19.3 Å². The van der Waals surface area contributed by atoms with Crippen LogP contribution in [0.1, 0.15) is 290 Å². The number of carbonyl (C=O) groups excluding carboxylic acids is 3. The predicted octanol–water partition coefficient (Wildman–Crippen LogP) is 23.1. The lowest BCUT2D eigenvalue weighted by Gasteiger charge is -2.18. The fraction of sp³-hybridized carbons (Fsp3) is 0.640. The first kappa shape index (κ1) is 76.3. The number of allylic oxidation sites excluding steroid dienone is 24. The van der Waals surface area contributed by atoms with Crippen LogP contribution in [0.3, 0.4) is 0 Å². The Bertz CT molecular complexity index is 1760. The van der Waals surface area contributed by atoms with Crippen molar-refractivity contribution in [3.8, 4) is 0 Å². The minimum Gasteiger partial charge on any atom is -0.462 e. The molecule has 0 heterocycles. The average molecular weight is 1120 g/mol. The van der Waals surface area contributed by atoms with Gasteiger partial charge < -0.3 is 14.2 Å². The number of hydrogen-bond acceptors (Lipinski definition) is 6. The Morgan fingerprint density at radius 2 is 0.494 bits per heavy atom. The van der Waals surface area contributed by atoms with Gasteiger partial charge in [0.25, 0.3) is 0 Å². The van der Waals surface area contributed by atoms with Gasteiger partial charge >= 0.3 is 17.9 Å². The third-order valence-electron chi connectivity index (χ3n) is 13.8. The van der Waals surface area contributed by atoms with E-state index in [2.05, 4.69) is 167 Å². The molecule has 6 nitrogen and oxygen atoms in total. The van der Waals surface area contributed by atoms with Gasteiger partial charge in [-0.1, -0.05) is 282 Å². The highest BCUT2D eigenvalue weighted by molar-refractivity contribution is 5.71. The van der Waals surface area contributed by atoms with E-state index in [0.29, 0.717) is 19.3 Å². The smallest absolute Gasteiger partial charge is 0.306 e. The zero-order valence-electron chi connectivity index (χ0n) is 52.5. The summed E-state index contributed by atoms with van der Waals surface area (Å²) in [5, 5.41) is 0. The fourth-order valence-corrected chi connectivity index (χ4v) is 8.89. The molecular weight excluding hydrogens is 997 g/mol. The van der Waals surface area contributed by atoms with Crippen LogP contribution in [-0.2, 0) is 28.6 Å². The SMILES string of the molecule is CC/C=C\C/C=C\C/C=C\C/C=C\C/C=C\C/C=C\C/C=C\CCCC(=O)OC(COC(=O)CCCCCCC/C=C\CCCCCC)COC(=O)CCCCCCCCCCCCCCCC/C=C\C/C=C\C/C=C\C/C=C\CC. The molecule has 0 saturated carbocycles. The van der Waals surface area contributed by atoms with Gasteiger partial charge in [0.2, 0.25) is 0 Å². The molecule has 0 saturated heterocycles. The molecule has 81 heavy (non-hydrogen) atoms. The van der Waals surface area contributed by atoms with Gasteiger partial charge in [-0.25, -0.2) is 0 Å². The van der Waals surface area contributed by atoms with Gasteiger partial charge in [0.15, 0.2) is 6.10 Å². The standard InChI is InChI=1S/C75H122O6/c1-4-7-10-13-16-19-22-25-27-29-31-33-35-36-37-38-40-41-43-45-47-50-53-56-59-62-65-68-74(77)80-71-72(70-79-73(76)67-64-61-58-55-52-49-24-21-18-15-12-9-6-3)81-75(78)69-66-63-60-57-54-51-48-46-44-42-39-34-32-30-28-26-23-20-17-14-11-8-5-2/h7-8,10-11,16-17,19-21,24-28,31-34,42,44,48,51,57,60,72H,4-6,9,12-15,18,22-23,29-30,35-41,43,45-47,49-50,52-56,58-59,61-71H2,1-3H3/b10-7-,11-8-,19-16-,20-17-,24-21-,27-25-,28-26-,33-31-,34-32-,44-42-,51-48-,60-57-. The van der Waals surface area contributed by atoms with E-state index in [-0.39, 0.29) is 37.5 Å². The van der Waals surface area contributed by atoms with Crippen molar-refractivity contribution in [3.63, 3.8) is 0 Å². The topological polar surface area (TPSA) is 78.9 Å². The lowest BCUT2D eigenvalue weighted by Crippen LogP contribution is -2.30. The maximum absolute atomic E-state index is 12.9. The summed E-state index contributed by atoms with van der Waals surface area (Å²) in [5.74, 6) is -0.975. The van der Waals surface area contributed by atoms with Crippen LogP contribution in [0.2, 0.25) is 0 Å². The summed E-state index contributed by atoms with van der Waals surface area (Å²) in [7, 11) is 0. The summed E-state index contributed by atoms with van der Waals surface area (Å²) in [6.07, 6.45) is 97.2. The summed E-state index contributed by atoms with van der Waals surface area (Å²) in [6, 6.07) is 0. The first-order chi connectivity index (χ1) is 40.0. The summed E-state index contributed by atoms with van der Waals surface area (Å²) < 4.78 is 16.9. The molecule has 0 spiro atoms. The Kier molecular flexibility index (Phi) is 63.9. The van der Waals surface area contributed by atoms with Crippen molar-refractivity contribution < 1.29 is 28.6 Å². The van der Waals surface area contributed by atoms with Crippen LogP contribution in [0.15, 0.2) is 146 Å². The van der Waals surface area contributed by atoms with Crippen LogP contribution < -0.4 is 0 Å². The van der Waals surface area contributed by atoms with Crippen LogP contribution >= 0.6 is 0 Å². The van der Waals surface area contributed by atoms with Crippen molar-refractivity contribution >= 4 is 17.9 Å². The molecular formula is C75H122O6. The first-order valence-corrected chi connectivity index (χ1v) is 33.3. The van der Waals surface area contributed by atoms with Crippen LogP contribution in [-0.4, -0.2) is 37.2 Å². The normalized spacial score (nSPS) is 13.1. The maximum atomic E-state index is 12.9. The van der Waals surface area contributed by atoms with Crippen LogP contribution in [0, 0.1) is 0 Å². The molecule has 6 heteroatoms. The fourth-order valence-electron chi connectivity index (χ4n) is 8.89. The highest BCUT2D eigenvalue weighted by Gasteiger charge is 2.19. The Hall–Kier alpha value is -4.71. The number of esters is 3. The quantitative estimate of drug-likeness (QED) is 0.0261. The third kappa shape index (κ3) is 66.0. The molecule has 0 aliphatic heterocycles. The van der Waals surface area contributed by atoms with Gasteiger partial charge in [0.05, 0.1) is 0 Å². The molecule has 0 aromatic rings. The molecule has 458 valence electrons. The zero-order chi connectivity index (χ0) is 58.5. The van der Waals surface area contributed by atoms with Crippen molar-refractivity contribution in [3.05, 3.63) is 146 Å². The second-order valence-corrected chi connectivity index (χ2v) is 21.6.